The fourth-order valence-electron chi connectivity index (χ4n) is 4.68. The Bertz CT molecular complexity index is 1650. The van der Waals surface area contributed by atoms with Gasteiger partial charge in [0.15, 0.2) is 16.7 Å². The predicted molar refractivity (Wildman–Crippen MR) is 179 cm³/mol. The maximum absolute atomic E-state index is 13.6. The van der Waals surface area contributed by atoms with Crippen LogP contribution in [0.2, 0.25) is 0 Å². The molecular weight excluding hydrogens is 687 g/mol. The van der Waals surface area contributed by atoms with Crippen LogP contribution in [0, 0.1) is 5.41 Å². The Morgan fingerprint density at radius 1 is 1.25 bits per heavy atom. The van der Waals surface area contributed by atoms with E-state index in [9.17, 15) is 19.2 Å². The Hall–Kier alpha value is -4.11. The largest absolute Gasteiger partial charge is 0.427 e. The molecule has 20 heteroatoms. The first-order valence-corrected chi connectivity index (χ1v) is 17.3. The number of aromatic nitrogens is 1. The van der Waals surface area contributed by atoms with Crippen molar-refractivity contribution in [2.24, 2.45) is 15.6 Å². The van der Waals surface area contributed by atoms with E-state index in [0.29, 0.717) is 22.9 Å². The highest BCUT2D eigenvalue weighted by Gasteiger charge is 2.55. The van der Waals surface area contributed by atoms with Crippen molar-refractivity contribution in [3.05, 3.63) is 45.5 Å². The van der Waals surface area contributed by atoms with E-state index in [0.717, 1.165) is 22.1 Å². The first-order chi connectivity index (χ1) is 22.8. The molecule has 2 atom stereocenters. The van der Waals surface area contributed by atoms with Crippen LogP contribution >= 0.6 is 34.9 Å². The number of oxime groups is 1. The van der Waals surface area contributed by atoms with Crippen molar-refractivity contribution in [1.29, 1.82) is 0 Å². The van der Waals surface area contributed by atoms with Gasteiger partial charge in [-0.15, -0.1) is 40.4 Å². The molecule has 0 spiro atoms. The number of rotatable bonds is 12. The number of anilines is 1. The van der Waals surface area contributed by atoms with Crippen LogP contribution in [-0.2, 0) is 38.2 Å². The van der Waals surface area contributed by atoms with Crippen LogP contribution in [0.25, 0.3) is 0 Å². The van der Waals surface area contributed by atoms with Gasteiger partial charge in [-0.05, 0) is 39.3 Å². The number of carbonyl (C=O) groups is 4. The summed E-state index contributed by atoms with van der Waals surface area (Å²) in [6, 6.07) is -0.982. The van der Waals surface area contributed by atoms with E-state index in [-0.39, 0.29) is 29.0 Å². The molecule has 4 N–H and O–H groups in total. The van der Waals surface area contributed by atoms with E-state index < -0.39 is 47.4 Å². The van der Waals surface area contributed by atoms with E-state index in [1.165, 1.54) is 35.5 Å². The van der Waals surface area contributed by atoms with Gasteiger partial charge in [-0.2, -0.15) is 0 Å². The fraction of sp³-hybridized carbons (Fsp3) is 0.464. The molecule has 0 bridgehead atoms. The quantitative estimate of drug-likeness (QED) is 0.0916. The van der Waals surface area contributed by atoms with E-state index in [4.69, 9.17) is 24.8 Å². The molecule has 17 nitrogen and oxygen atoms in total. The summed E-state index contributed by atoms with van der Waals surface area (Å²) < 4.78 is 15.7. The Morgan fingerprint density at radius 3 is 2.69 bits per heavy atom. The van der Waals surface area contributed by atoms with Crippen LogP contribution in [-0.4, -0.2) is 106 Å². The minimum atomic E-state index is -0.982. The van der Waals surface area contributed by atoms with Crippen molar-refractivity contribution in [2.45, 2.75) is 39.1 Å². The Morgan fingerprint density at radius 2 is 2.02 bits per heavy atom. The number of nitrogens with one attached hydrogen (secondary N) is 2. The first kappa shape index (κ1) is 35.2. The third kappa shape index (κ3) is 7.46. The van der Waals surface area contributed by atoms with Gasteiger partial charge in [0, 0.05) is 29.7 Å². The highest BCUT2D eigenvalue weighted by molar-refractivity contribution is 8.03. The summed E-state index contributed by atoms with van der Waals surface area (Å²) in [4.78, 5) is 67.4. The fourth-order valence-corrected chi connectivity index (χ4v) is 7.78. The maximum atomic E-state index is 13.6. The molecule has 1 saturated heterocycles. The summed E-state index contributed by atoms with van der Waals surface area (Å²) in [6.07, 6.45) is 3.70. The lowest BCUT2D eigenvalue weighted by atomic mass is 9.98. The molecule has 4 aliphatic heterocycles. The zero-order valence-corrected chi connectivity index (χ0v) is 29.4. The number of fused-ring (bicyclic) bond motifs is 2. The molecule has 0 saturated carbocycles. The number of allylic oxidation sites excluding steroid dienone is 1. The zero-order valence-electron chi connectivity index (χ0n) is 27.0. The van der Waals surface area contributed by atoms with Gasteiger partial charge in [0.05, 0.1) is 16.6 Å². The number of nitrogen functional groups attached to an aromatic ring is 1. The van der Waals surface area contributed by atoms with Gasteiger partial charge in [-0.3, -0.25) is 24.3 Å². The molecule has 5 rings (SSSR count). The van der Waals surface area contributed by atoms with Crippen LogP contribution in [0.15, 0.2) is 49.9 Å². The number of methoxy groups -OCH3 is 1. The Labute approximate surface area is 288 Å². The van der Waals surface area contributed by atoms with Crippen molar-refractivity contribution in [1.82, 2.24) is 30.8 Å². The number of carbonyl (C=O) groups excluding carboxylic acids is 4. The monoisotopic (exact) mass is 721 g/mol. The van der Waals surface area contributed by atoms with Crippen molar-refractivity contribution in [2.75, 3.05) is 45.0 Å². The summed E-state index contributed by atoms with van der Waals surface area (Å²) >= 11 is 3.92. The predicted octanol–water partition coefficient (Wildman–Crippen LogP) is 1.31. The molecule has 1 fully saturated rings. The van der Waals surface area contributed by atoms with Gasteiger partial charge < -0.3 is 30.1 Å². The van der Waals surface area contributed by atoms with Crippen LogP contribution < -0.4 is 16.6 Å². The summed E-state index contributed by atoms with van der Waals surface area (Å²) in [5.41, 5.74) is 9.56. The molecule has 1 unspecified atom stereocenters. The summed E-state index contributed by atoms with van der Waals surface area (Å²) in [5, 5.41) is 11.9. The van der Waals surface area contributed by atoms with Gasteiger partial charge in [0.1, 0.15) is 36.6 Å². The third-order valence-electron chi connectivity index (χ3n) is 6.92. The van der Waals surface area contributed by atoms with Gasteiger partial charge in [0.2, 0.25) is 6.79 Å². The second kappa shape index (κ2) is 14.6. The number of hydrazine groups is 2. The van der Waals surface area contributed by atoms with E-state index >= 15 is 0 Å². The molecule has 48 heavy (non-hydrogen) atoms. The molecule has 5 heterocycles. The highest BCUT2D eigenvalue weighted by Crippen LogP contribution is 2.42. The Balaban J connectivity index is 1.35. The lowest BCUT2D eigenvalue weighted by Crippen LogP contribution is -2.71. The third-order valence-corrected chi connectivity index (χ3v) is 10.0. The second-order valence-electron chi connectivity index (χ2n) is 11.6. The lowest BCUT2D eigenvalue weighted by molar-refractivity contribution is -0.173. The van der Waals surface area contributed by atoms with Gasteiger partial charge in [0.25, 0.3) is 11.8 Å². The standard InChI is InChI=1S/C28H35N9O8S3/c1-14-7-18(37-17(30-14)8-35(34-37)12-42-5)46-9-15-10-47-24-20(32-22(38)19(33-43-6)16-11-48-27(29)31-16)23(39)36(24)21(15)25(40)44-13-45-26(41)28(2,3)4/h7-8,11,20,24,34H,9-10,12-13H2,1-6H3,(H2,29,31)(H,32,38)/b33-19-/t20?,24-/m1/s1. The number of hydrogen-bond donors (Lipinski definition) is 3. The number of esters is 2. The maximum Gasteiger partial charge on any atom is 0.357 e. The number of ether oxygens (including phenoxy) is 3. The zero-order chi connectivity index (χ0) is 34.7. The van der Waals surface area contributed by atoms with Crippen LogP contribution in [0.3, 0.4) is 0 Å². The molecular formula is C28H35N9O8S3. The summed E-state index contributed by atoms with van der Waals surface area (Å²) in [7, 11) is 2.86. The number of thioether (sulfide) groups is 2. The van der Waals surface area contributed by atoms with Gasteiger partial charge in [-0.25, -0.2) is 19.8 Å². The molecule has 1 aromatic rings. The van der Waals surface area contributed by atoms with Gasteiger partial charge >= 0.3 is 11.9 Å². The van der Waals surface area contributed by atoms with Crippen LogP contribution in [0.5, 0.6) is 0 Å². The van der Waals surface area contributed by atoms with Crippen molar-refractivity contribution < 1.29 is 38.2 Å². The average molecular weight is 722 g/mol. The van der Waals surface area contributed by atoms with Crippen molar-refractivity contribution in [3.63, 3.8) is 0 Å². The van der Waals surface area contributed by atoms with E-state index in [2.05, 4.69) is 26.0 Å². The summed E-state index contributed by atoms with van der Waals surface area (Å²) in [6.45, 7) is 6.56. The molecule has 1 aromatic heterocycles. The molecule has 4 aliphatic rings. The number of amides is 2. The van der Waals surface area contributed by atoms with Crippen LogP contribution in [0.4, 0.5) is 5.13 Å². The minimum absolute atomic E-state index is 0.0274. The molecule has 258 valence electrons. The molecule has 0 aliphatic carbocycles. The van der Waals surface area contributed by atoms with Crippen molar-refractivity contribution >= 4 is 75.2 Å². The number of β-lactam (4-membered cyclic amide) rings is 1. The second-order valence-corrected chi connectivity index (χ2v) is 14.6. The van der Waals surface area contributed by atoms with Crippen LogP contribution in [0.1, 0.15) is 33.4 Å². The average Bonchev–Trinajstić information content (AvgIpc) is 3.65. The molecule has 0 aromatic carbocycles. The topological polar surface area (TPSA) is 203 Å². The summed E-state index contributed by atoms with van der Waals surface area (Å²) in [5.74, 6) is -1.31. The number of aliphatic imine (C=N–C) groups is 1. The SMILES string of the molecule is COCN1C=C2N=C(C)C=C(SCC3=C(C(=O)OCOC(=O)C(C)(C)C)N4C(=O)C(NC(=O)/C(=N\OC)c5csc(N)n5)[C@H]4SC3)N2N1. The molecule has 0 radical (unpaired) electrons. The number of nitrogens with zero attached hydrogens (tertiary/aromatic N) is 6. The van der Waals surface area contributed by atoms with Crippen molar-refractivity contribution in [3.8, 4) is 0 Å². The minimum Gasteiger partial charge on any atom is -0.427 e. The lowest BCUT2D eigenvalue weighted by Gasteiger charge is -2.49. The van der Waals surface area contributed by atoms with E-state index in [1.807, 2.05) is 19.2 Å². The number of thiazole rings is 1. The van der Waals surface area contributed by atoms with Gasteiger partial charge in [-0.1, -0.05) is 5.16 Å². The van der Waals surface area contributed by atoms with E-state index in [1.54, 1.807) is 43.3 Å². The number of nitrogens with two attached hydrogens (primary N) is 1. The normalized spacial score (nSPS) is 20.7. The smallest absolute Gasteiger partial charge is 0.357 e. The first-order valence-electron chi connectivity index (χ1n) is 14.4. The highest BCUT2D eigenvalue weighted by atomic mass is 32.2. The number of hydrogen-bond acceptors (Lipinski definition) is 18. The molecule has 2 amide bonds. The Kier molecular flexibility index (Phi) is 10.7.